The number of hydrogen-bond acceptors (Lipinski definition) is 2. The Morgan fingerprint density at radius 2 is 1.09 bits per heavy atom. The van der Waals surface area contributed by atoms with Gasteiger partial charge in [0.15, 0.2) is 0 Å². The molecule has 0 aliphatic heterocycles. The fourth-order valence-electron chi connectivity index (χ4n) is 0. The molecule has 0 saturated heterocycles. The molecule has 0 rings (SSSR count). The molecule has 0 aromatic carbocycles. The summed E-state index contributed by atoms with van der Waals surface area (Å²) < 4.78 is 0. The van der Waals surface area contributed by atoms with Gasteiger partial charge in [-0.05, 0) is 0 Å². The zero-order valence-corrected chi connectivity index (χ0v) is 9.12. The minimum atomic E-state index is -0.980. The molecule has 0 unspecified atom stereocenters. The summed E-state index contributed by atoms with van der Waals surface area (Å²) >= 11 is 9.47. The molecular formula is C4H6Cl2IrO4. The van der Waals surface area contributed by atoms with Crippen molar-refractivity contribution in [3.05, 3.63) is 0 Å². The quantitative estimate of drug-likeness (QED) is 0.688. The van der Waals surface area contributed by atoms with E-state index in [4.69, 9.17) is 33.4 Å². The van der Waals surface area contributed by atoms with Gasteiger partial charge in [0, 0.05) is 20.1 Å². The van der Waals surface area contributed by atoms with Gasteiger partial charge in [0.1, 0.15) is 11.8 Å². The molecule has 1 radical (unpaired) electrons. The fraction of sp³-hybridized carbons (Fsp3) is 0.500. The Labute approximate surface area is 86.8 Å². The molecule has 0 aliphatic rings. The number of hydrogen-bond donors (Lipinski definition) is 2. The van der Waals surface area contributed by atoms with E-state index in [1.165, 1.54) is 0 Å². The molecule has 7 heteroatoms. The van der Waals surface area contributed by atoms with Crippen molar-refractivity contribution in [3.8, 4) is 0 Å². The van der Waals surface area contributed by atoms with Crippen LogP contribution in [0.3, 0.4) is 0 Å². The van der Waals surface area contributed by atoms with Gasteiger partial charge in [-0.1, -0.05) is 0 Å². The summed E-state index contributed by atoms with van der Waals surface area (Å²) in [7, 11) is 0. The maximum Gasteiger partial charge on any atom is 0.318 e. The van der Waals surface area contributed by atoms with Crippen LogP contribution in [0.5, 0.6) is 0 Å². The predicted octanol–water partition coefficient (Wildman–Crippen LogP) is 0.617. The third-order valence-corrected chi connectivity index (χ3v) is 0.686. The maximum atomic E-state index is 9.24. The maximum absolute atomic E-state index is 9.24. The minimum Gasteiger partial charge on any atom is -0.480 e. The van der Waals surface area contributed by atoms with Crippen LogP contribution in [0.4, 0.5) is 0 Å². The van der Waals surface area contributed by atoms with Gasteiger partial charge in [0.05, 0.1) is 0 Å². The van der Waals surface area contributed by atoms with Crippen LogP contribution in [0.25, 0.3) is 0 Å². The van der Waals surface area contributed by atoms with Crippen molar-refractivity contribution in [1.82, 2.24) is 0 Å². The monoisotopic (exact) mass is 381 g/mol. The van der Waals surface area contributed by atoms with Crippen molar-refractivity contribution >= 4 is 35.1 Å². The predicted molar refractivity (Wildman–Crippen MR) is 36.7 cm³/mol. The van der Waals surface area contributed by atoms with Gasteiger partial charge in [-0.2, -0.15) is 0 Å². The van der Waals surface area contributed by atoms with Crippen LogP contribution in [-0.2, 0) is 29.7 Å². The van der Waals surface area contributed by atoms with Crippen molar-refractivity contribution in [1.29, 1.82) is 0 Å². The Kier molecular flexibility index (Phi) is 20.2. The summed E-state index contributed by atoms with van der Waals surface area (Å²) in [5.74, 6) is -2.57. The van der Waals surface area contributed by atoms with Gasteiger partial charge in [0.25, 0.3) is 0 Å². The molecule has 0 amide bonds. The number of rotatable bonds is 2. The first-order valence-corrected chi connectivity index (χ1v) is 3.17. The number of alkyl halides is 2. The molecule has 11 heavy (non-hydrogen) atoms. The van der Waals surface area contributed by atoms with E-state index in [0.29, 0.717) is 0 Å². The molecule has 2 N–H and O–H groups in total. The van der Waals surface area contributed by atoms with E-state index in [9.17, 15) is 9.59 Å². The first kappa shape index (κ1) is 17.3. The third-order valence-electron chi connectivity index (χ3n) is 0.229. The number of aliphatic carboxylic acids is 2. The molecule has 0 aromatic rings. The van der Waals surface area contributed by atoms with E-state index in [0.717, 1.165) is 0 Å². The second-order valence-electron chi connectivity index (χ2n) is 1.05. The van der Waals surface area contributed by atoms with Crippen LogP contribution >= 0.6 is 23.2 Å². The summed E-state index contributed by atoms with van der Waals surface area (Å²) in [6, 6.07) is 0. The molecule has 0 heterocycles. The zero-order chi connectivity index (χ0) is 8.57. The van der Waals surface area contributed by atoms with Crippen molar-refractivity contribution in [2.24, 2.45) is 0 Å². The average molecular weight is 381 g/mol. The van der Waals surface area contributed by atoms with E-state index in [2.05, 4.69) is 0 Å². The molecule has 0 fully saturated rings. The van der Waals surface area contributed by atoms with Gasteiger partial charge in [-0.25, -0.2) is 0 Å². The van der Waals surface area contributed by atoms with Crippen LogP contribution in [0.2, 0.25) is 0 Å². The molecule has 0 aromatic heterocycles. The standard InChI is InChI=1S/2C2H3ClO2.Ir/c2*3-1-2(4)5;/h2*1H2,(H,4,5);. The van der Waals surface area contributed by atoms with E-state index >= 15 is 0 Å². The third kappa shape index (κ3) is 39.0. The molecule has 0 atom stereocenters. The average Bonchev–Trinajstić information content (AvgIpc) is 1.89. The van der Waals surface area contributed by atoms with Gasteiger partial charge < -0.3 is 10.2 Å². The van der Waals surface area contributed by atoms with Crippen LogP contribution in [0.15, 0.2) is 0 Å². The van der Waals surface area contributed by atoms with Gasteiger partial charge >= 0.3 is 11.9 Å². The minimum absolute atomic E-state index is 0. The number of carboxylic acids is 2. The Morgan fingerprint density at radius 1 is 1.00 bits per heavy atom. The molecular weight excluding hydrogens is 375 g/mol. The Balaban J connectivity index is -0.000000107. The van der Waals surface area contributed by atoms with Crippen molar-refractivity contribution in [2.75, 3.05) is 11.8 Å². The normalized spacial score (nSPS) is 6.73. The Morgan fingerprint density at radius 3 is 1.09 bits per heavy atom. The van der Waals surface area contributed by atoms with E-state index in [1.807, 2.05) is 0 Å². The first-order chi connectivity index (χ1) is 4.54. The first-order valence-electron chi connectivity index (χ1n) is 2.10. The second kappa shape index (κ2) is 12.8. The molecule has 4 nitrogen and oxygen atoms in total. The summed E-state index contributed by atoms with van der Waals surface area (Å²) in [6.45, 7) is 0. The van der Waals surface area contributed by atoms with Crippen LogP contribution in [-0.4, -0.2) is 33.9 Å². The van der Waals surface area contributed by atoms with Crippen molar-refractivity contribution in [3.63, 3.8) is 0 Å². The zero-order valence-electron chi connectivity index (χ0n) is 5.21. The summed E-state index contributed by atoms with van der Waals surface area (Å²) in [4.78, 5) is 18.5. The molecule has 0 saturated carbocycles. The second-order valence-corrected chi connectivity index (χ2v) is 1.59. The van der Waals surface area contributed by atoms with Crippen LogP contribution in [0.1, 0.15) is 0 Å². The van der Waals surface area contributed by atoms with Crippen molar-refractivity contribution < 1.29 is 39.9 Å². The largest absolute Gasteiger partial charge is 0.480 e. The van der Waals surface area contributed by atoms with Crippen molar-refractivity contribution in [2.45, 2.75) is 0 Å². The number of halogens is 2. The topological polar surface area (TPSA) is 74.6 Å². The molecule has 0 bridgehead atoms. The molecule has 0 spiro atoms. The van der Waals surface area contributed by atoms with Gasteiger partial charge in [0.2, 0.25) is 0 Å². The van der Waals surface area contributed by atoms with Gasteiger partial charge in [-0.3, -0.25) is 9.59 Å². The molecule has 69 valence electrons. The van der Waals surface area contributed by atoms with Crippen LogP contribution in [0, 0.1) is 0 Å². The van der Waals surface area contributed by atoms with Crippen LogP contribution < -0.4 is 0 Å². The van der Waals surface area contributed by atoms with E-state index in [-0.39, 0.29) is 31.9 Å². The fourth-order valence-corrected chi connectivity index (χ4v) is 0. The SMILES string of the molecule is O=C(O)CCl.O=C(O)CCl.[Ir]. The Bertz CT molecular complexity index is 105. The number of carboxylic acid groups (broad SMARTS) is 2. The van der Waals surface area contributed by atoms with Gasteiger partial charge in [-0.15, -0.1) is 23.2 Å². The molecule has 0 aliphatic carbocycles. The Hall–Kier alpha value is 0.169. The summed E-state index contributed by atoms with van der Waals surface area (Å²) in [6.07, 6.45) is 0. The summed E-state index contributed by atoms with van der Waals surface area (Å²) in [5, 5.41) is 15.2. The van der Waals surface area contributed by atoms with E-state index < -0.39 is 11.9 Å². The summed E-state index contributed by atoms with van der Waals surface area (Å²) in [5.41, 5.74) is 0. The smallest absolute Gasteiger partial charge is 0.318 e. The van der Waals surface area contributed by atoms with E-state index in [1.54, 1.807) is 0 Å². The number of carbonyl (C=O) groups is 2.